The molecule has 1 amide bonds. The lowest BCUT2D eigenvalue weighted by Gasteiger charge is -2.22. The number of rotatable bonds is 11. The second-order valence-electron chi connectivity index (χ2n) is 7.45. The number of ether oxygens (including phenoxy) is 2. The van der Waals surface area contributed by atoms with Crippen LogP contribution in [0.5, 0.6) is 11.5 Å². The van der Waals surface area contributed by atoms with E-state index in [0.29, 0.717) is 12.2 Å². The van der Waals surface area contributed by atoms with Gasteiger partial charge < -0.3 is 14.8 Å². The molecule has 0 bridgehead atoms. The number of non-ortho nitro benzene ring substituents is 1. The van der Waals surface area contributed by atoms with Gasteiger partial charge in [-0.2, -0.15) is 4.31 Å². The molecule has 0 saturated carbocycles. The van der Waals surface area contributed by atoms with Crippen molar-refractivity contribution in [3.63, 3.8) is 0 Å². The van der Waals surface area contributed by atoms with Crippen LogP contribution in [0.2, 0.25) is 0 Å². The Morgan fingerprint density at radius 2 is 1.69 bits per heavy atom. The van der Waals surface area contributed by atoms with Gasteiger partial charge in [0.2, 0.25) is 15.9 Å². The average molecular weight is 500 g/mol. The number of methoxy groups -OCH3 is 2. The molecule has 184 valence electrons. The first-order valence-corrected chi connectivity index (χ1v) is 12.0. The highest BCUT2D eigenvalue weighted by Crippen LogP contribution is 2.30. The molecule has 3 aromatic rings. The van der Waals surface area contributed by atoms with E-state index in [9.17, 15) is 23.3 Å². The molecule has 35 heavy (non-hydrogen) atoms. The third kappa shape index (κ3) is 6.55. The number of hydrogen-bond acceptors (Lipinski definition) is 7. The number of hydrogen-bond donors (Lipinski definition) is 1. The molecule has 1 N–H and O–H groups in total. The van der Waals surface area contributed by atoms with Gasteiger partial charge in [-0.15, -0.1) is 0 Å². The maximum absolute atomic E-state index is 13.5. The van der Waals surface area contributed by atoms with Crippen molar-refractivity contribution in [2.24, 2.45) is 0 Å². The van der Waals surface area contributed by atoms with Gasteiger partial charge in [0.1, 0.15) is 0 Å². The van der Waals surface area contributed by atoms with E-state index in [2.05, 4.69) is 5.32 Å². The van der Waals surface area contributed by atoms with Gasteiger partial charge in [-0.3, -0.25) is 14.9 Å². The van der Waals surface area contributed by atoms with Crippen LogP contribution < -0.4 is 14.8 Å². The van der Waals surface area contributed by atoms with E-state index >= 15 is 0 Å². The minimum absolute atomic E-state index is 0.0308. The Kier molecular flexibility index (Phi) is 8.39. The summed E-state index contributed by atoms with van der Waals surface area (Å²) in [7, 11) is -1.27. The summed E-state index contributed by atoms with van der Waals surface area (Å²) in [6.45, 7) is -0.463. The van der Waals surface area contributed by atoms with Crippen LogP contribution in [0.3, 0.4) is 0 Å². The predicted octanol–water partition coefficient (Wildman–Crippen LogP) is 3.48. The highest BCUT2D eigenvalue weighted by Gasteiger charge is 2.28. The first-order valence-electron chi connectivity index (χ1n) is 10.5. The molecular weight excluding hydrogens is 474 g/mol. The number of carbonyl (C=O) groups is 1. The lowest BCUT2D eigenvalue weighted by molar-refractivity contribution is -0.384. The zero-order chi connectivity index (χ0) is 25.4. The van der Waals surface area contributed by atoms with Gasteiger partial charge in [0.05, 0.1) is 30.6 Å². The summed E-state index contributed by atoms with van der Waals surface area (Å²) in [4.78, 5) is 23.2. The van der Waals surface area contributed by atoms with Gasteiger partial charge in [-0.1, -0.05) is 36.4 Å². The molecule has 0 fully saturated rings. The number of nitro groups is 1. The first kappa shape index (κ1) is 25.7. The third-order valence-corrected chi connectivity index (χ3v) is 6.99. The van der Waals surface area contributed by atoms with Gasteiger partial charge in [-0.05, 0) is 30.2 Å². The Morgan fingerprint density at radius 3 is 2.34 bits per heavy atom. The van der Waals surface area contributed by atoms with Crippen LogP contribution in [-0.2, 0) is 21.2 Å². The van der Waals surface area contributed by atoms with E-state index in [1.807, 2.05) is 30.3 Å². The van der Waals surface area contributed by atoms with Crippen molar-refractivity contribution < 1.29 is 27.6 Å². The molecule has 0 spiro atoms. The number of nitrogens with one attached hydrogen (secondary N) is 1. The fourth-order valence-corrected chi connectivity index (χ4v) is 4.78. The number of benzene rings is 3. The van der Waals surface area contributed by atoms with Crippen LogP contribution in [0.25, 0.3) is 0 Å². The molecule has 0 heterocycles. The van der Waals surface area contributed by atoms with Crippen LogP contribution in [-0.4, -0.2) is 50.9 Å². The molecule has 3 rings (SSSR count). The van der Waals surface area contributed by atoms with E-state index in [0.717, 1.165) is 9.87 Å². The SMILES string of the molecule is COc1ccc(S(=O)(=O)N(CCc2ccccc2)CC(=O)Nc2cccc([N+](=O)[O-])c2)cc1OC. The van der Waals surface area contributed by atoms with Crippen LogP contribution in [0.1, 0.15) is 5.56 Å². The van der Waals surface area contributed by atoms with Crippen LogP contribution in [0.4, 0.5) is 11.4 Å². The number of nitro benzene ring substituents is 1. The quantitative estimate of drug-likeness (QED) is 0.316. The Morgan fingerprint density at radius 1 is 0.971 bits per heavy atom. The van der Waals surface area contributed by atoms with E-state index in [-0.39, 0.29) is 28.6 Å². The lowest BCUT2D eigenvalue weighted by atomic mass is 10.1. The van der Waals surface area contributed by atoms with Crippen molar-refractivity contribution >= 4 is 27.3 Å². The predicted molar refractivity (Wildman–Crippen MR) is 130 cm³/mol. The average Bonchev–Trinajstić information content (AvgIpc) is 2.86. The van der Waals surface area contributed by atoms with Gasteiger partial charge in [0.25, 0.3) is 5.69 Å². The molecule has 11 heteroatoms. The van der Waals surface area contributed by atoms with Gasteiger partial charge >= 0.3 is 0 Å². The van der Waals surface area contributed by atoms with Gasteiger partial charge in [0.15, 0.2) is 11.5 Å². The van der Waals surface area contributed by atoms with E-state index in [1.54, 1.807) is 0 Å². The van der Waals surface area contributed by atoms with Crippen molar-refractivity contribution in [3.8, 4) is 11.5 Å². The minimum atomic E-state index is -4.11. The minimum Gasteiger partial charge on any atom is -0.493 e. The van der Waals surface area contributed by atoms with Crippen molar-refractivity contribution in [2.75, 3.05) is 32.6 Å². The van der Waals surface area contributed by atoms with E-state index in [4.69, 9.17) is 9.47 Å². The molecule has 0 radical (unpaired) electrons. The molecule has 3 aromatic carbocycles. The van der Waals surface area contributed by atoms with Crippen molar-refractivity contribution in [3.05, 3.63) is 88.5 Å². The smallest absolute Gasteiger partial charge is 0.271 e. The maximum Gasteiger partial charge on any atom is 0.271 e. The second-order valence-corrected chi connectivity index (χ2v) is 9.38. The normalized spacial score (nSPS) is 11.2. The summed E-state index contributed by atoms with van der Waals surface area (Å²) in [5.41, 5.74) is 0.900. The van der Waals surface area contributed by atoms with E-state index < -0.39 is 27.4 Å². The summed E-state index contributed by atoms with van der Waals surface area (Å²) in [6, 6.07) is 18.9. The third-order valence-electron chi connectivity index (χ3n) is 5.15. The van der Waals surface area contributed by atoms with Crippen LogP contribution in [0.15, 0.2) is 77.7 Å². The Labute approximate surface area is 203 Å². The molecule has 0 atom stereocenters. The Balaban J connectivity index is 1.87. The highest BCUT2D eigenvalue weighted by molar-refractivity contribution is 7.89. The maximum atomic E-state index is 13.5. The van der Waals surface area contributed by atoms with Crippen molar-refractivity contribution in [2.45, 2.75) is 11.3 Å². The molecule has 0 aromatic heterocycles. The van der Waals surface area contributed by atoms with Crippen LogP contribution in [0, 0.1) is 10.1 Å². The standard InChI is InChI=1S/C24H25N3O7S/c1-33-22-12-11-21(16-23(22)34-2)35(31,32)26(14-13-18-7-4-3-5-8-18)17-24(28)25-19-9-6-10-20(15-19)27(29)30/h3-12,15-16H,13-14,17H2,1-2H3,(H,25,28). The van der Waals surface area contributed by atoms with Gasteiger partial charge in [0, 0.05) is 30.4 Å². The first-order chi connectivity index (χ1) is 16.7. The summed E-state index contributed by atoms with van der Waals surface area (Å²) >= 11 is 0. The zero-order valence-corrected chi connectivity index (χ0v) is 20.0. The Hall–Kier alpha value is -3.96. The highest BCUT2D eigenvalue weighted by atomic mass is 32.2. The molecule has 0 aliphatic carbocycles. The Bertz CT molecular complexity index is 1300. The summed E-state index contributed by atoms with van der Waals surface area (Å²) < 4.78 is 38.5. The molecule has 0 aliphatic heterocycles. The fourth-order valence-electron chi connectivity index (χ4n) is 3.37. The number of sulfonamides is 1. The topological polar surface area (TPSA) is 128 Å². The lowest BCUT2D eigenvalue weighted by Crippen LogP contribution is -2.39. The number of anilines is 1. The summed E-state index contributed by atoms with van der Waals surface area (Å²) in [5.74, 6) is -0.0362. The number of carbonyl (C=O) groups excluding carboxylic acids is 1. The summed E-state index contributed by atoms with van der Waals surface area (Å²) in [5, 5.41) is 13.5. The largest absolute Gasteiger partial charge is 0.493 e. The van der Waals surface area contributed by atoms with Crippen molar-refractivity contribution in [1.29, 1.82) is 0 Å². The monoisotopic (exact) mass is 499 g/mol. The fraction of sp³-hybridized carbons (Fsp3) is 0.208. The number of amides is 1. The molecular formula is C24H25N3O7S. The molecule has 0 unspecified atom stereocenters. The van der Waals surface area contributed by atoms with Crippen LogP contribution >= 0.6 is 0 Å². The second kappa shape index (κ2) is 11.4. The van der Waals surface area contributed by atoms with Crippen molar-refractivity contribution in [1.82, 2.24) is 4.31 Å². The zero-order valence-electron chi connectivity index (χ0n) is 19.2. The van der Waals surface area contributed by atoms with Gasteiger partial charge in [-0.25, -0.2) is 8.42 Å². The van der Waals surface area contributed by atoms with E-state index in [1.165, 1.54) is 56.7 Å². The molecule has 0 saturated heterocycles. The molecule has 10 nitrogen and oxygen atoms in total. The summed E-state index contributed by atoms with van der Waals surface area (Å²) in [6.07, 6.45) is 0.372. The molecule has 0 aliphatic rings. The number of nitrogens with zero attached hydrogens (tertiary/aromatic N) is 2.